The first-order valence-corrected chi connectivity index (χ1v) is 21.4. The van der Waals surface area contributed by atoms with Crippen LogP contribution in [-0.2, 0) is 19.1 Å². The van der Waals surface area contributed by atoms with Crippen LogP contribution in [0.3, 0.4) is 0 Å². The molecule has 0 fully saturated rings. The molecule has 0 heterocycles. The minimum absolute atomic E-state index is 0.0772. The van der Waals surface area contributed by atoms with Gasteiger partial charge in [-0.05, 0) is 44.9 Å². The Bertz CT molecular complexity index is 746. The van der Waals surface area contributed by atoms with E-state index in [9.17, 15) is 14.7 Å². The van der Waals surface area contributed by atoms with Gasteiger partial charge in [-0.2, -0.15) is 0 Å². The lowest BCUT2D eigenvalue weighted by molar-refractivity contribution is -0.161. The third-order valence-electron chi connectivity index (χ3n) is 9.48. The van der Waals surface area contributed by atoms with Gasteiger partial charge in [-0.25, -0.2) is 0 Å². The van der Waals surface area contributed by atoms with Gasteiger partial charge in [0, 0.05) is 12.8 Å². The maximum Gasteiger partial charge on any atom is 0.306 e. The first kappa shape index (κ1) is 47.4. The van der Waals surface area contributed by atoms with Crippen LogP contribution in [0.15, 0.2) is 24.3 Å². The van der Waals surface area contributed by atoms with Crippen molar-refractivity contribution in [1.82, 2.24) is 0 Å². The van der Waals surface area contributed by atoms with Gasteiger partial charge in [0.2, 0.25) is 0 Å². The van der Waals surface area contributed by atoms with E-state index in [-0.39, 0.29) is 25.2 Å². The SMILES string of the molecule is CCCCCCCCCCCCCCCC/C=C/CC/C=C/CCCC(=O)O[C@@H](CO)COC(=O)CCCCCCCCCCCCCC. The number of hydrogen-bond acceptors (Lipinski definition) is 5. The van der Waals surface area contributed by atoms with Crippen molar-refractivity contribution in [3.05, 3.63) is 24.3 Å². The molecular weight excluding hydrogens is 608 g/mol. The Labute approximate surface area is 304 Å². The third-order valence-corrected chi connectivity index (χ3v) is 9.48. The van der Waals surface area contributed by atoms with Crippen LogP contribution in [-0.4, -0.2) is 36.4 Å². The zero-order valence-electron chi connectivity index (χ0n) is 32.7. The highest BCUT2D eigenvalue weighted by atomic mass is 16.6. The molecule has 0 bridgehead atoms. The standard InChI is InChI=1S/C44H82O5/c1-3-5-7-9-11-13-15-17-18-19-20-21-22-23-24-25-26-27-29-31-33-35-37-39-44(47)49-42(40-45)41-48-43(46)38-36-34-32-30-28-16-14-12-10-8-6-4-2/h25-26,31,33,42,45H,3-24,27-30,32,34-41H2,1-2H3/b26-25+,33-31+/t42-/m0/s1. The van der Waals surface area contributed by atoms with Crippen molar-refractivity contribution in [2.75, 3.05) is 13.2 Å². The Kier molecular flexibility index (Phi) is 39.5. The van der Waals surface area contributed by atoms with Gasteiger partial charge >= 0.3 is 11.9 Å². The predicted molar refractivity (Wildman–Crippen MR) is 210 cm³/mol. The number of allylic oxidation sites excluding steroid dienone is 4. The van der Waals surface area contributed by atoms with Crippen molar-refractivity contribution in [3.63, 3.8) is 0 Å². The molecule has 0 aliphatic rings. The molecule has 0 unspecified atom stereocenters. The second-order valence-electron chi connectivity index (χ2n) is 14.4. The maximum atomic E-state index is 12.2. The number of hydrogen-bond donors (Lipinski definition) is 1. The smallest absolute Gasteiger partial charge is 0.306 e. The second kappa shape index (κ2) is 40.8. The largest absolute Gasteiger partial charge is 0.462 e. The molecule has 0 radical (unpaired) electrons. The molecule has 1 N–H and O–H groups in total. The van der Waals surface area contributed by atoms with Gasteiger partial charge in [0.25, 0.3) is 0 Å². The average Bonchev–Trinajstić information content (AvgIpc) is 3.10. The van der Waals surface area contributed by atoms with Crippen LogP contribution >= 0.6 is 0 Å². The van der Waals surface area contributed by atoms with Gasteiger partial charge in [0.1, 0.15) is 6.61 Å². The zero-order chi connectivity index (χ0) is 35.7. The molecule has 0 aliphatic carbocycles. The molecule has 0 aromatic carbocycles. The van der Waals surface area contributed by atoms with E-state index in [2.05, 4.69) is 38.2 Å². The lowest BCUT2D eigenvalue weighted by atomic mass is 10.0. The fourth-order valence-corrected chi connectivity index (χ4v) is 6.22. The summed E-state index contributed by atoms with van der Waals surface area (Å²) in [6, 6.07) is 0. The second-order valence-corrected chi connectivity index (χ2v) is 14.4. The number of rotatable bonds is 39. The molecule has 0 rings (SSSR count). The molecule has 0 saturated carbocycles. The lowest BCUT2D eigenvalue weighted by Crippen LogP contribution is -2.28. The summed E-state index contributed by atoms with van der Waals surface area (Å²) in [7, 11) is 0. The number of esters is 2. The summed E-state index contributed by atoms with van der Waals surface area (Å²) in [5, 5.41) is 9.55. The quantitative estimate of drug-likeness (QED) is 0.0395. The molecule has 5 nitrogen and oxygen atoms in total. The molecule has 1 atom stereocenters. The van der Waals surface area contributed by atoms with Crippen LogP contribution in [0.25, 0.3) is 0 Å². The maximum absolute atomic E-state index is 12.2. The number of aliphatic hydroxyl groups excluding tert-OH is 1. The van der Waals surface area contributed by atoms with Crippen molar-refractivity contribution < 1.29 is 24.2 Å². The number of carbonyl (C=O) groups excluding carboxylic acids is 2. The predicted octanol–water partition coefficient (Wildman–Crippen LogP) is 13.5. The van der Waals surface area contributed by atoms with Gasteiger partial charge < -0.3 is 14.6 Å². The number of unbranched alkanes of at least 4 members (excludes halogenated alkanes) is 27. The molecule has 0 aromatic heterocycles. The first-order valence-electron chi connectivity index (χ1n) is 21.4. The molecule has 0 aromatic rings. The van der Waals surface area contributed by atoms with Crippen LogP contribution in [0.2, 0.25) is 0 Å². The van der Waals surface area contributed by atoms with E-state index >= 15 is 0 Å². The summed E-state index contributed by atoms with van der Waals surface area (Å²) in [4.78, 5) is 24.2. The Balaban J connectivity index is 3.55. The summed E-state index contributed by atoms with van der Waals surface area (Å²) in [6.07, 6.45) is 48.3. The molecule has 0 spiro atoms. The Hall–Kier alpha value is -1.62. The summed E-state index contributed by atoms with van der Waals surface area (Å²) >= 11 is 0. The highest BCUT2D eigenvalue weighted by molar-refractivity contribution is 5.70. The van der Waals surface area contributed by atoms with Gasteiger partial charge in [-0.15, -0.1) is 0 Å². The van der Waals surface area contributed by atoms with E-state index in [0.717, 1.165) is 38.5 Å². The van der Waals surface area contributed by atoms with Crippen LogP contribution in [0.5, 0.6) is 0 Å². The van der Waals surface area contributed by atoms with Crippen LogP contribution in [0.4, 0.5) is 0 Å². The Morgan fingerprint density at radius 3 is 1.22 bits per heavy atom. The normalized spacial score (nSPS) is 12.3. The fourth-order valence-electron chi connectivity index (χ4n) is 6.22. The van der Waals surface area contributed by atoms with Crippen LogP contribution < -0.4 is 0 Å². The molecule has 0 aliphatic heterocycles. The zero-order valence-corrected chi connectivity index (χ0v) is 32.7. The minimum Gasteiger partial charge on any atom is -0.462 e. The van der Waals surface area contributed by atoms with Gasteiger partial charge in [-0.1, -0.05) is 192 Å². The van der Waals surface area contributed by atoms with E-state index in [1.54, 1.807) is 0 Å². The Morgan fingerprint density at radius 2 is 0.796 bits per heavy atom. The summed E-state index contributed by atoms with van der Waals surface area (Å²) in [6.45, 7) is 4.12. The average molecular weight is 691 g/mol. The van der Waals surface area contributed by atoms with E-state index in [1.807, 2.05) is 0 Å². The van der Waals surface area contributed by atoms with Crippen molar-refractivity contribution >= 4 is 11.9 Å². The number of carbonyl (C=O) groups is 2. The number of ether oxygens (including phenoxy) is 2. The minimum atomic E-state index is -0.787. The van der Waals surface area contributed by atoms with Crippen molar-refractivity contribution in [1.29, 1.82) is 0 Å². The van der Waals surface area contributed by atoms with Crippen molar-refractivity contribution in [3.8, 4) is 0 Å². The summed E-state index contributed by atoms with van der Waals surface area (Å²) in [5.41, 5.74) is 0. The van der Waals surface area contributed by atoms with E-state index in [0.29, 0.717) is 19.3 Å². The Morgan fingerprint density at radius 1 is 0.449 bits per heavy atom. The molecule has 5 heteroatoms. The van der Waals surface area contributed by atoms with E-state index < -0.39 is 6.10 Å². The molecule has 0 saturated heterocycles. The molecule has 0 amide bonds. The van der Waals surface area contributed by atoms with Crippen LogP contribution in [0, 0.1) is 0 Å². The fraction of sp³-hybridized carbons (Fsp3) is 0.864. The summed E-state index contributed by atoms with van der Waals surface area (Å²) < 4.78 is 10.6. The third kappa shape index (κ3) is 39.0. The van der Waals surface area contributed by atoms with Crippen molar-refractivity contribution in [2.24, 2.45) is 0 Å². The van der Waals surface area contributed by atoms with Gasteiger partial charge in [-0.3, -0.25) is 9.59 Å². The highest BCUT2D eigenvalue weighted by Gasteiger charge is 2.16. The number of aliphatic hydroxyl groups is 1. The highest BCUT2D eigenvalue weighted by Crippen LogP contribution is 2.15. The van der Waals surface area contributed by atoms with Gasteiger partial charge in [0.15, 0.2) is 6.10 Å². The topological polar surface area (TPSA) is 72.8 Å². The first-order chi connectivity index (χ1) is 24.1. The van der Waals surface area contributed by atoms with E-state index in [4.69, 9.17) is 9.47 Å². The summed E-state index contributed by atoms with van der Waals surface area (Å²) in [5.74, 6) is -0.632. The molecular formula is C44H82O5. The monoisotopic (exact) mass is 691 g/mol. The molecule has 49 heavy (non-hydrogen) atoms. The van der Waals surface area contributed by atoms with Crippen LogP contribution in [0.1, 0.15) is 226 Å². The lowest BCUT2D eigenvalue weighted by Gasteiger charge is -2.15. The van der Waals surface area contributed by atoms with Gasteiger partial charge in [0.05, 0.1) is 6.61 Å². The molecule has 288 valence electrons. The van der Waals surface area contributed by atoms with E-state index in [1.165, 1.54) is 154 Å². The van der Waals surface area contributed by atoms with Crippen molar-refractivity contribution in [2.45, 2.75) is 232 Å².